The molecule has 1 N–H and O–H groups in total. The average molecular weight is 224 g/mol. The molecule has 2 aromatic heterocycles. The van der Waals surface area contributed by atoms with Crippen molar-refractivity contribution in [3.05, 3.63) is 28.1 Å². The lowest BCUT2D eigenvalue weighted by molar-refractivity contribution is 0.177. The second-order valence-electron chi connectivity index (χ2n) is 3.52. The molecular formula is C10H12N2O2S. The molecule has 80 valence electrons. The Morgan fingerprint density at radius 1 is 1.67 bits per heavy atom. The Kier molecular flexibility index (Phi) is 2.83. The van der Waals surface area contributed by atoms with Crippen molar-refractivity contribution in [1.82, 2.24) is 9.55 Å². The number of rotatable bonds is 3. The minimum Gasteiger partial charge on any atom is -0.393 e. The summed E-state index contributed by atoms with van der Waals surface area (Å²) in [4.78, 5) is 16.0. The standard InChI is InChI=1S/C10H12N2O2S/c1-7(13)2-4-12-6-11-8-3-5-15-9(8)10(12)14/h3,5-7,13H,2,4H2,1H3/t7-/m0/s1. The van der Waals surface area contributed by atoms with Crippen molar-refractivity contribution in [3.63, 3.8) is 0 Å². The highest BCUT2D eigenvalue weighted by Crippen LogP contribution is 2.13. The van der Waals surface area contributed by atoms with Crippen LogP contribution in [0.5, 0.6) is 0 Å². The SMILES string of the molecule is C[C@H](O)CCn1cnc2ccsc2c1=O. The number of aliphatic hydroxyl groups excluding tert-OH is 1. The van der Waals surface area contributed by atoms with Gasteiger partial charge in [-0.1, -0.05) is 0 Å². The Balaban J connectivity index is 2.36. The van der Waals surface area contributed by atoms with Crippen molar-refractivity contribution in [2.45, 2.75) is 26.0 Å². The van der Waals surface area contributed by atoms with Crippen molar-refractivity contribution in [2.24, 2.45) is 0 Å². The molecule has 0 aromatic carbocycles. The van der Waals surface area contributed by atoms with Crippen LogP contribution in [-0.4, -0.2) is 20.8 Å². The zero-order valence-electron chi connectivity index (χ0n) is 8.38. The zero-order valence-corrected chi connectivity index (χ0v) is 9.20. The van der Waals surface area contributed by atoms with Gasteiger partial charge in [-0.05, 0) is 24.8 Å². The van der Waals surface area contributed by atoms with Crippen molar-refractivity contribution >= 4 is 21.6 Å². The number of aryl methyl sites for hydroxylation is 1. The number of hydrogen-bond donors (Lipinski definition) is 1. The predicted molar refractivity (Wildman–Crippen MR) is 60.2 cm³/mol. The number of nitrogens with zero attached hydrogens (tertiary/aromatic N) is 2. The quantitative estimate of drug-likeness (QED) is 0.853. The Bertz CT molecular complexity index is 515. The molecule has 0 fully saturated rings. The van der Waals surface area contributed by atoms with Crippen LogP contribution in [0.2, 0.25) is 0 Å². The number of thiophene rings is 1. The summed E-state index contributed by atoms with van der Waals surface area (Å²) in [6.45, 7) is 2.22. The third-order valence-corrected chi connectivity index (χ3v) is 3.12. The van der Waals surface area contributed by atoms with Crippen molar-refractivity contribution in [1.29, 1.82) is 0 Å². The third-order valence-electron chi connectivity index (χ3n) is 2.22. The van der Waals surface area contributed by atoms with Gasteiger partial charge in [0, 0.05) is 6.54 Å². The van der Waals surface area contributed by atoms with Crippen LogP contribution in [0, 0.1) is 0 Å². The Labute approximate surface area is 90.8 Å². The van der Waals surface area contributed by atoms with Crippen LogP contribution in [0.1, 0.15) is 13.3 Å². The molecule has 0 unspecified atom stereocenters. The van der Waals surface area contributed by atoms with Gasteiger partial charge in [0.05, 0.1) is 17.9 Å². The number of aliphatic hydroxyl groups is 1. The highest BCUT2D eigenvalue weighted by atomic mass is 32.1. The smallest absolute Gasteiger partial charge is 0.271 e. The second kappa shape index (κ2) is 4.12. The molecule has 0 aliphatic carbocycles. The van der Waals surface area contributed by atoms with E-state index in [0.29, 0.717) is 17.7 Å². The largest absolute Gasteiger partial charge is 0.393 e. The monoisotopic (exact) mass is 224 g/mol. The summed E-state index contributed by atoms with van der Waals surface area (Å²) >= 11 is 1.40. The lowest BCUT2D eigenvalue weighted by Gasteiger charge is -2.06. The minimum atomic E-state index is -0.393. The summed E-state index contributed by atoms with van der Waals surface area (Å²) in [6.07, 6.45) is 1.72. The van der Waals surface area contributed by atoms with E-state index in [2.05, 4.69) is 4.98 Å². The predicted octanol–water partition coefficient (Wildman–Crippen LogP) is 1.23. The first-order valence-electron chi connectivity index (χ1n) is 4.79. The molecule has 0 spiro atoms. The minimum absolute atomic E-state index is 0.0179. The second-order valence-corrected chi connectivity index (χ2v) is 4.43. The van der Waals surface area contributed by atoms with E-state index in [1.165, 1.54) is 11.3 Å². The highest BCUT2D eigenvalue weighted by molar-refractivity contribution is 7.17. The molecule has 0 amide bonds. The van der Waals surface area contributed by atoms with Crippen molar-refractivity contribution in [3.8, 4) is 0 Å². The summed E-state index contributed by atoms with van der Waals surface area (Å²) < 4.78 is 2.23. The zero-order chi connectivity index (χ0) is 10.8. The maximum Gasteiger partial charge on any atom is 0.271 e. The maximum absolute atomic E-state index is 11.9. The first-order valence-corrected chi connectivity index (χ1v) is 5.67. The molecule has 0 aliphatic rings. The molecule has 1 atom stereocenters. The lowest BCUT2D eigenvalue weighted by Crippen LogP contribution is -2.21. The van der Waals surface area contributed by atoms with Crippen LogP contribution in [-0.2, 0) is 6.54 Å². The molecule has 0 saturated heterocycles. The van der Waals surface area contributed by atoms with E-state index in [4.69, 9.17) is 5.11 Å². The average Bonchev–Trinajstić information content (AvgIpc) is 2.65. The molecule has 0 aliphatic heterocycles. The molecule has 2 heterocycles. The first kappa shape index (κ1) is 10.3. The fourth-order valence-electron chi connectivity index (χ4n) is 1.36. The van der Waals surface area contributed by atoms with Gasteiger partial charge in [-0.25, -0.2) is 4.98 Å². The molecule has 0 bridgehead atoms. The number of fused-ring (bicyclic) bond motifs is 1. The van der Waals surface area contributed by atoms with Crippen LogP contribution in [0.25, 0.3) is 10.2 Å². The van der Waals surface area contributed by atoms with Gasteiger partial charge in [0.2, 0.25) is 0 Å². The Morgan fingerprint density at radius 3 is 3.20 bits per heavy atom. The van der Waals surface area contributed by atoms with E-state index in [9.17, 15) is 4.79 Å². The summed E-state index contributed by atoms with van der Waals surface area (Å²) in [7, 11) is 0. The van der Waals surface area contributed by atoms with Gasteiger partial charge in [-0.2, -0.15) is 0 Å². The molecule has 4 nitrogen and oxygen atoms in total. The third kappa shape index (κ3) is 2.08. The van der Waals surface area contributed by atoms with Crippen LogP contribution in [0.15, 0.2) is 22.6 Å². The van der Waals surface area contributed by atoms with Gasteiger partial charge in [0.25, 0.3) is 5.56 Å². The molecular weight excluding hydrogens is 212 g/mol. The molecule has 0 radical (unpaired) electrons. The van der Waals surface area contributed by atoms with Crippen LogP contribution >= 0.6 is 11.3 Å². The molecule has 15 heavy (non-hydrogen) atoms. The maximum atomic E-state index is 11.9. The number of aromatic nitrogens is 2. The van der Waals surface area contributed by atoms with E-state index < -0.39 is 6.10 Å². The Morgan fingerprint density at radius 2 is 2.47 bits per heavy atom. The van der Waals surface area contributed by atoms with E-state index in [1.54, 1.807) is 17.8 Å². The molecule has 5 heteroatoms. The number of hydrogen-bond acceptors (Lipinski definition) is 4. The van der Waals surface area contributed by atoms with Crippen molar-refractivity contribution in [2.75, 3.05) is 0 Å². The molecule has 2 rings (SSSR count). The van der Waals surface area contributed by atoms with Gasteiger partial charge in [0.1, 0.15) is 4.70 Å². The van der Waals surface area contributed by atoms with Gasteiger partial charge < -0.3 is 5.11 Å². The van der Waals surface area contributed by atoms with E-state index in [1.807, 2.05) is 11.4 Å². The molecule has 2 aromatic rings. The molecule has 0 saturated carbocycles. The lowest BCUT2D eigenvalue weighted by atomic mass is 10.3. The summed E-state index contributed by atoms with van der Waals surface area (Å²) in [6, 6.07) is 1.83. The van der Waals surface area contributed by atoms with Gasteiger partial charge in [-0.15, -0.1) is 11.3 Å². The van der Waals surface area contributed by atoms with E-state index in [0.717, 1.165) is 5.52 Å². The van der Waals surface area contributed by atoms with Crippen LogP contribution in [0.3, 0.4) is 0 Å². The fourth-order valence-corrected chi connectivity index (χ4v) is 2.16. The van der Waals surface area contributed by atoms with Crippen molar-refractivity contribution < 1.29 is 5.11 Å². The highest BCUT2D eigenvalue weighted by Gasteiger charge is 2.05. The van der Waals surface area contributed by atoms with Crippen LogP contribution < -0.4 is 5.56 Å². The van der Waals surface area contributed by atoms with Gasteiger partial charge >= 0.3 is 0 Å². The van der Waals surface area contributed by atoms with Gasteiger partial charge in [-0.3, -0.25) is 9.36 Å². The van der Waals surface area contributed by atoms with E-state index >= 15 is 0 Å². The first-order chi connectivity index (χ1) is 7.18. The summed E-state index contributed by atoms with van der Waals surface area (Å²) in [5.41, 5.74) is 0.731. The van der Waals surface area contributed by atoms with Gasteiger partial charge in [0.15, 0.2) is 0 Å². The fraction of sp³-hybridized carbons (Fsp3) is 0.400. The summed E-state index contributed by atoms with van der Waals surface area (Å²) in [5.74, 6) is 0. The normalized spacial score (nSPS) is 13.2. The summed E-state index contributed by atoms with van der Waals surface area (Å²) in [5, 5.41) is 11.0. The van der Waals surface area contributed by atoms with E-state index in [-0.39, 0.29) is 5.56 Å². The van der Waals surface area contributed by atoms with Crippen LogP contribution in [0.4, 0.5) is 0 Å². The Hall–Kier alpha value is -1.20. The topological polar surface area (TPSA) is 55.1 Å².